The summed E-state index contributed by atoms with van der Waals surface area (Å²) in [6, 6.07) is 12.4. The van der Waals surface area contributed by atoms with Crippen molar-refractivity contribution in [3.05, 3.63) is 132 Å². The highest BCUT2D eigenvalue weighted by molar-refractivity contribution is 6.20. The molecule has 0 saturated carbocycles. The third kappa shape index (κ3) is 2.82. The van der Waals surface area contributed by atoms with E-state index in [1.54, 1.807) is 0 Å². The fourth-order valence-corrected chi connectivity index (χ4v) is 6.46. The summed E-state index contributed by atoms with van der Waals surface area (Å²) in [5, 5.41) is 1.43. The summed E-state index contributed by atoms with van der Waals surface area (Å²) in [6.45, 7) is 4.18. The number of rotatable bonds is 1. The molecule has 0 radical (unpaired) electrons. The van der Waals surface area contributed by atoms with E-state index < -0.39 is 71.9 Å². The van der Waals surface area contributed by atoms with Crippen LogP contribution in [0.2, 0.25) is 0 Å². The van der Waals surface area contributed by atoms with Gasteiger partial charge in [-0.1, -0.05) is 105 Å². The lowest BCUT2D eigenvalue weighted by molar-refractivity contribution is 0.647. The van der Waals surface area contributed by atoms with Crippen molar-refractivity contribution in [2.24, 2.45) is 0 Å². The third-order valence-corrected chi connectivity index (χ3v) is 8.40. The van der Waals surface area contributed by atoms with Crippen molar-refractivity contribution in [3.63, 3.8) is 0 Å². The Bertz CT molecular complexity index is 2960. The molecule has 1 aliphatic carbocycles. The van der Waals surface area contributed by atoms with Crippen LogP contribution in [0.1, 0.15) is 40.1 Å². The van der Waals surface area contributed by atoms with E-state index in [-0.39, 0.29) is 37.9 Å². The predicted octanol–water partition coefficient (Wildman–Crippen LogP) is 11.0. The van der Waals surface area contributed by atoms with E-state index in [1.165, 1.54) is 0 Å². The first-order valence-electron chi connectivity index (χ1n) is 18.6. The number of fused-ring (bicyclic) bond motifs is 10. The lowest BCUT2D eigenvalue weighted by atomic mass is 9.80. The van der Waals surface area contributed by atoms with Gasteiger partial charge in [0.2, 0.25) is 0 Å². The number of benzene rings is 7. The molecule has 1 heterocycles. The summed E-state index contributed by atoms with van der Waals surface area (Å²) in [7, 11) is 0. The summed E-state index contributed by atoms with van der Waals surface area (Å²) < 4.78 is 103. The number of hydrogen-bond donors (Lipinski definition) is 0. The van der Waals surface area contributed by atoms with Crippen LogP contribution in [0, 0.1) is 0 Å². The summed E-state index contributed by atoms with van der Waals surface area (Å²) in [4.78, 5) is 0. The molecule has 0 fully saturated rings. The van der Waals surface area contributed by atoms with Crippen molar-refractivity contribution >= 4 is 54.3 Å². The second kappa shape index (κ2) is 7.61. The molecular weight excluding hydrogens is 484 g/mol. The van der Waals surface area contributed by atoms with Crippen molar-refractivity contribution < 1.29 is 19.5 Å². The van der Waals surface area contributed by atoms with Crippen LogP contribution in [0.5, 0.6) is 0 Å². The Hall–Kier alpha value is -4.88. The molecule has 8 aromatic rings. The Morgan fingerprint density at radius 1 is 0.575 bits per heavy atom. The summed E-state index contributed by atoms with van der Waals surface area (Å²) in [5.41, 5.74) is 5.63. The molecule has 1 aliphatic rings. The molecular formula is C39H26O. The Morgan fingerprint density at radius 2 is 1.35 bits per heavy atom. The predicted molar refractivity (Wildman–Crippen MR) is 169 cm³/mol. The molecule has 0 saturated heterocycles. The van der Waals surface area contributed by atoms with Crippen molar-refractivity contribution in [1.82, 2.24) is 0 Å². The zero-order valence-electron chi connectivity index (χ0n) is 32.6. The maximum atomic E-state index is 9.37. The Kier molecular flexibility index (Phi) is 2.66. The average Bonchev–Trinajstić information content (AvgIpc) is 3.59. The molecule has 0 unspecified atom stereocenters. The van der Waals surface area contributed by atoms with Gasteiger partial charge in [-0.15, -0.1) is 0 Å². The van der Waals surface area contributed by atoms with Crippen molar-refractivity contribution in [1.29, 1.82) is 0 Å². The van der Waals surface area contributed by atoms with E-state index in [0.29, 0.717) is 5.56 Å². The van der Waals surface area contributed by atoms with Gasteiger partial charge in [-0.05, 0) is 96.0 Å². The monoisotopic (exact) mass is 521 g/mol. The first-order valence-corrected chi connectivity index (χ1v) is 13.1. The molecule has 7 aromatic carbocycles. The smallest absolute Gasteiger partial charge is 0.135 e. The molecule has 0 aliphatic heterocycles. The Morgan fingerprint density at radius 3 is 2.25 bits per heavy atom. The largest absolute Gasteiger partial charge is 0.456 e. The first kappa shape index (κ1) is 14.0. The molecule has 188 valence electrons. The molecule has 0 bridgehead atoms. The van der Waals surface area contributed by atoms with Crippen molar-refractivity contribution in [2.45, 2.75) is 19.3 Å². The molecule has 1 nitrogen and oxygen atoms in total. The third-order valence-electron chi connectivity index (χ3n) is 8.40. The van der Waals surface area contributed by atoms with E-state index in [2.05, 4.69) is 26.0 Å². The van der Waals surface area contributed by atoms with Crippen LogP contribution < -0.4 is 0 Å². The number of para-hydroxylation sites is 1. The minimum absolute atomic E-state index is 0.00355. The van der Waals surface area contributed by atoms with Crippen LogP contribution in [0.25, 0.3) is 76.5 Å². The maximum absolute atomic E-state index is 9.37. The molecule has 1 heteroatoms. The van der Waals surface area contributed by atoms with E-state index in [1.807, 2.05) is 42.5 Å². The molecule has 0 spiro atoms. The van der Waals surface area contributed by atoms with Crippen LogP contribution in [-0.2, 0) is 5.41 Å². The van der Waals surface area contributed by atoms with Gasteiger partial charge in [-0.3, -0.25) is 0 Å². The number of furan rings is 1. The number of hydrogen-bond acceptors (Lipinski definition) is 1. The van der Waals surface area contributed by atoms with Crippen LogP contribution in [-0.4, -0.2) is 0 Å². The minimum Gasteiger partial charge on any atom is -0.456 e. The first-order chi connectivity index (χ1) is 24.2. The van der Waals surface area contributed by atoms with Gasteiger partial charge in [0.15, 0.2) is 0 Å². The quantitative estimate of drug-likeness (QED) is 0.155. The maximum Gasteiger partial charge on any atom is 0.135 e. The zero-order chi connectivity index (χ0) is 36.2. The van der Waals surface area contributed by atoms with E-state index in [4.69, 9.17) is 16.8 Å². The summed E-state index contributed by atoms with van der Waals surface area (Å²) in [5.74, 6) is 0. The van der Waals surface area contributed by atoms with Crippen LogP contribution in [0.3, 0.4) is 0 Å². The Balaban J connectivity index is 1.46. The van der Waals surface area contributed by atoms with Gasteiger partial charge in [0.1, 0.15) is 11.2 Å². The molecule has 0 amide bonds. The SMILES string of the molecule is [2H]c1c([2H])c([2H])c2c([2H])c3c(c([2H])c([2H])c4c([2H])c([2H])c([2H])c([2H])c43)c(-c3ccc4c(c3)C(C)(C)c3cc5oc6ccccc6c5cc3-4)c2c1[2H]. The van der Waals surface area contributed by atoms with Gasteiger partial charge >= 0.3 is 0 Å². The highest BCUT2D eigenvalue weighted by Gasteiger charge is 2.36. The lowest BCUT2D eigenvalue weighted by Gasteiger charge is -2.22. The Labute approximate surface area is 247 Å². The van der Waals surface area contributed by atoms with Crippen LogP contribution in [0.15, 0.2) is 125 Å². The standard InChI is InChI=1S/C39H26O/c1-39(2)34-20-25(16-17-28(34)32-21-33-29-13-7-8-14-36(29)40-37(33)22-35(32)39)38-27-12-6-4-10-24(27)19-31-26-11-5-3-9-23(26)15-18-30(31)38/h3-22H,1-2H3/i3D,4D,5D,6D,9D,10D,11D,12D,15D,18D,19D. The average molecular weight is 522 g/mol. The van der Waals surface area contributed by atoms with E-state index in [9.17, 15) is 2.74 Å². The van der Waals surface area contributed by atoms with Crippen LogP contribution in [0.4, 0.5) is 0 Å². The molecule has 1 aromatic heterocycles. The fraction of sp³-hybridized carbons (Fsp3) is 0.0769. The molecule has 40 heavy (non-hydrogen) atoms. The van der Waals surface area contributed by atoms with E-state index >= 15 is 0 Å². The second-order valence-electron chi connectivity index (χ2n) is 10.9. The molecule has 0 N–H and O–H groups in total. The lowest BCUT2D eigenvalue weighted by Crippen LogP contribution is -2.15. The van der Waals surface area contributed by atoms with Gasteiger partial charge in [0.05, 0.1) is 15.1 Å². The van der Waals surface area contributed by atoms with Gasteiger partial charge in [-0.25, -0.2) is 0 Å². The fourth-order valence-electron chi connectivity index (χ4n) is 6.46. The van der Waals surface area contributed by atoms with Crippen LogP contribution >= 0.6 is 0 Å². The van der Waals surface area contributed by atoms with Gasteiger partial charge in [0.25, 0.3) is 0 Å². The summed E-state index contributed by atoms with van der Waals surface area (Å²) >= 11 is 0. The molecule has 0 atom stereocenters. The minimum atomic E-state index is -0.575. The summed E-state index contributed by atoms with van der Waals surface area (Å²) in [6.07, 6.45) is 0. The van der Waals surface area contributed by atoms with Crippen molar-refractivity contribution in [2.75, 3.05) is 0 Å². The van der Waals surface area contributed by atoms with Gasteiger partial charge in [0, 0.05) is 16.2 Å². The van der Waals surface area contributed by atoms with Gasteiger partial charge in [-0.2, -0.15) is 0 Å². The molecule has 9 rings (SSSR count). The highest BCUT2D eigenvalue weighted by atomic mass is 16.3. The highest BCUT2D eigenvalue weighted by Crippen LogP contribution is 2.52. The normalized spacial score (nSPS) is 17.8. The van der Waals surface area contributed by atoms with E-state index in [0.717, 1.165) is 44.2 Å². The zero-order valence-corrected chi connectivity index (χ0v) is 21.6. The second-order valence-corrected chi connectivity index (χ2v) is 10.9. The van der Waals surface area contributed by atoms with Crippen molar-refractivity contribution in [3.8, 4) is 22.3 Å². The topological polar surface area (TPSA) is 13.1 Å². The van der Waals surface area contributed by atoms with Gasteiger partial charge < -0.3 is 4.42 Å².